The van der Waals surface area contributed by atoms with Gasteiger partial charge in [-0.3, -0.25) is 4.79 Å². The summed E-state index contributed by atoms with van der Waals surface area (Å²) < 4.78 is 9.46. The highest BCUT2D eigenvalue weighted by Crippen LogP contribution is 2.28. The fourth-order valence-electron chi connectivity index (χ4n) is 4.31. The topological polar surface area (TPSA) is 140 Å². The molecule has 1 saturated heterocycles. The first-order valence-electron chi connectivity index (χ1n) is 14.0. The summed E-state index contributed by atoms with van der Waals surface area (Å²) in [4.78, 5) is 41.9. The van der Waals surface area contributed by atoms with Gasteiger partial charge < -0.3 is 24.6 Å². The zero-order valence-corrected chi connectivity index (χ0v) is 27.4. The SMILES string of the molecule is CSN(C)c1ccc(CNC(=O)OC(C)(C)C)cc1C(=O)Nc1ccc(SN2CCN(c3nc(C)cc(C#N)n3)CC2)cn1. The molecule has 0 spiro atoms. The molecule has 14 heteroatoms. The molecule has 1 aliphatic rings. The van der Waals surface area contributed by atoms with Gasteiger partial charge in [0, 0.05) is 62.8 Å². The molecule has 2 aromatic heterocycles. The van der Waals surface area contributed by atoms with E-state index >= 15 is 0 Å². The van der Waals surface area contributed by atoms with Crippen LogP contribution in [0, 0.1) is 18.3 Å². The van der Waals surface area contributed by atoms with Crippen molar-refractivity contribution >= 4 is 53.3 Å². The zero-order chi connectivity index (χ0) is 31.9. The molecule has 44 heavy (non-hydrogen) atoms. The van der Waals surface area contributed by atoms with Crippen LogP contribution in [-0.2, 0) is 11.3 Å². The van der Waals surface area contributed by atoms with Gasteiger partial charge >= 0.3 is 6.09 Å². The highest BCUT2D eigenvalue weighted by Gasteiger charge is 2.22. The van der Waals surface area contributed by atoms with E-state index in [0.29, 0.717) is 23.0 Å². The molecular weight excluding hydrogens is 599 g/mol. The molecule has 0 radical (unpaired) electrons. The Kier molecular flexibility index (Phi) is 10.9. The van der Waals surface area contributed by atoms with Gasteiger partial charge in [0.2, 0.25) is 5.95 Å². The molecule has 0 atom stereocenters. The molecule has 4 rings (SSSR count). The van der Waals surface area contributed by atoms with Crippen molar-refractivity contribution in [3.05, 3.63) is 65.1 Å². The van der Waals surface area contributed by atoms with E-state index in [2.05, 4.69) is 40.9 Å². The molecule has 1 aromatic carbocycles. The van der Waals surface area contributed by atoms with Crippen LogP contribution in [-0.4, -0.2) is 76.3 Å². The number of aryl methyl sites for hydroxylation is 1. The molecule has 1 aliphatic heterocycles. The van der Waals surface area contributed by atoms with E-state index in [9.17, 15) is 14.9 Å². The lowest BCUT2D eigenvalue weighted by atomic mass is 10.1. The lowest BCUT2D eigenvalue weighted by molar-refractivity contribution is 0.0523. The van der Waals surface area contributed by atoms with Crippen molar-refractivity contribution in [3.8, 4) is 6.07 Å². The predicted molar refractivity (Wildman–Crippen MR) is 175 cm³/mol. The average molecular weight is 636 g/mol. The number of hydrogen-bond acceptors (Lipinski definition) is 12. The van der Waals surface area contributed by atoms with Crippen LogP contribution in [0.15, 0.2) is 47.5 Å². The minimum Gasteiger partial charge on any atom is -0.444 e. The molecule has 12 nitrogen and oxygen atoms in total. The fourth-order valence-corrected chi connectivity index (χ4v) is 5.54. The second-order valence-corrected chi connectivity index (χ2v) is 13.1. The van der Waals surface area contributed by atoms with E-state index in [1.807, 2.05) is 42.7 Å². The number of nitrogens with one attached hydrogen (secondary N) is 2. The number of nitrogens with zero attached hydrogens (tertiary/aromatic N) is 7. The number of anilines is 3. The van der Waals surface area contributed by atoms with E-state index in [-0.39, 0.29) is 12.5 Å². The van der Waals surface area contributed by atoms with Gasteiger partial charge in [0.05, 0.1) is 11.3 Å². The van der Waals surface area contributed by atoms with E-state index < -0.39 is 11.7 Å². The summed E-state index contributed by atoms with van der Waals surface area (Å²) in [5, 5.41) is 14.9. The van der Waals surface area contributed by atoms with Crippen molar-refractivity contribution in [2.45, 2.75) is 44.7 Å². The summed E-state index contributed by atoms with van der Waals surface area (Å²) in [5.74, 6) is 0.718. The summed E-state index contributed by atoms with van der Waals surface area (Å²) >= 11 is 3.09. The first kappa shape index (κ1) is 32.8. The minimum atomic E-state index is -0.600. The van der Waals surface area contributed by atoms with E-state index in [1.165, 1.54) is 11.9 Å². The van der Waals surface area contributed by atoms with Gasteiger partial charge in [-0.2, -0.15) is 5.26 Å². The molecule has 0 bridgehead atoms. The lowest BCUT2D eigenvalue weighted by Crippen LogP contribution is -2.44. The number of pyridine rings is 1. The molecular formula is C30H37N9O3S2. The van der Waals surface area contributed by atoms with Crippen LogP contribution in [0.5, 0.6) is 0 Å². The van der Waals surface area contributed by atoms with Crippen molar-refractivity contribution < 1.29 is 14.3 Å². The molecule has 2 amide bonds. The van der Waals surface area contributed by atoms with Crippen molar-refractivity contribution in [1.82, 2.24) is 24.6 Å². The minimum absolute atomic E-state index is 0.218. The van der Waals surface area contributed by atoms with Gasteiger partial charge in [0.1, 0.15) is 23.2 Å². The Labute approximate surface area is 266 Å². The molecule has 0 saturated carbocycles. The maximum Gasteiger partial charge on any atom is 0.407 e. The number of amides is 2. The van der Waals surface area contributed by atoms with Gasteiger partial charge in [0.25, 0.3) is 5.91 Å². The highest BCUT2D eigenvalue weighted by atomic mass is 32.2. The van der Waals surface area contributed by atoms with Gasteiger partial charge in [0.15, 0.2) is 0 Å². The largest absolute Gasteiger partial charge is 0.444 e. The standard InChI is InChI=1S/C30H37N9O3S2/c1-20-15-22(17-31)35-28(34-20)38-11-13-39(14-12-38)44-23-8-10-26(32-19-23)36-27(40)24-16-21(7-9-25(24)37(5)43-6)18-33-29(41)42-30(2,3)4/h7-10,15-16,19H,11-14,18H2,1-6H3,(H,33,41)(H,32,36,40). The summed E-state index contributed by atoms with van der Waals surface area (Å²) in [6.07, 6.45) is 3.15. The van der Waals surface area contributed by atoms with Crippen LogP contribution in [0.3, 0.4) is 0 Å². The quantitative estimate of drug-likeness (QED) is 0.310. The second kappa shape index (κ2) is 14.6. The van der Waals surface area contributed by atoms with Crippen molar-refractivity contribution in [2.75, 3.05) is 54.0 Å². The van der Waals surface area contributed by atoms with Crippen LogP contribution < -0.4 is 19.8 Å². The number of carbonyl (C=O) groups excluding carboxylic acids is 2. The third kappa shape index (κ3) is 9.22. The second-order valence-electron chi connectivity index (χ2n) is 11.0. The normalized spacial score (nSPS) is 13.6. The number of hydrogen-bond donors (Lipinski definition) is 2. The van der Waals surface area contributed by atoms with Gasteiger partial charge in [-0.1, -0.05) is 18.0 Å². The molecule has 2 N–H and O–H groups in total. The van der Waals surface area contributed by atoms with Crippen LogP contribution in [0.1, 0.15) is 48.1 Å². The summed E-state index contributed by atoms with van der Waals surface area (Å²) in [6, 6.07) is 13.0. The van der Waals surface area contributed by atoms with E-state index in [0.717, 1.165) is 48.0 Å². The Hall–Kier alpha value is -4.06. The molecule has 3 aromatic rings. The molecule has 0 unspecified atom stereocenters. The average Bonchev–Trinajstić information content (AvgIpc) is 2.99. The fraction of sp³-hybridized carbons (Fsp3) is 0.400. The number of aromatic nitrogens is 3. The highest BCUT2D eigenvalue weighted by molar-refractivity contribution is 7.99. The van der Waals surface area contributed by atoms with Gasteiger partial charge in [-0.25, -0.2) is 24.1 Å². The van der Waals surface area contributed by atoms with Crippen molar-refractivity contribution in [1.29, 1.82) is 5.26 Å². The molecule has 3 heterocycles. The summed E-state index contributed by atoms with van der Waals surface area (Å²) in [6.45, 7) is 10.5. The zero-order valence-electron chi connectivity index (χ0n) is 25.7. The van der Waals surface area contributed by atoms with Gasteiger partial charge in [-0.15, -0.1) is 0 Å². The Morgan fingerprint density at radius 1 is 1.11 bits per heavy atom. The van der Waals surface area contributed by atoms with E-state index in [4.69, 9.17) is 4.74 Å². The maximum atomic E-state index is 13.4. The van der Waals surface area contributed by atoms with Crippen LogP contribution in [0.4, 0.5) is 22.2 Å². The smallest absolute Gasteiger partial charge is 0.407 e. The van der Waals surface area contributed by atoms with Crippen molar-refractivity contribution in [3.63, 3.8) is 0 Å². The van der Waals surface area contributed by atoms with Crippen LogP contribution >= 0.6 is 23.9 Å². The van der Waals surface area contributed by atoms with Gasteiger partial charge in [-0.05, 0) is 75.5 Å². The Morgan fingerprint density at radius 2 is 1.86 bits per heavy atom. The van der Waals surface area contributed by atoms with E-state index in [1.54, 1.807) is 57.1 Å². The Morgan fingerprint density at radius 3 is 2.50 bits per heavy atom. The molecule has 1 fully saturated rings. The number of carbonyl (C=O) groups is 2. The maximum absolute atomic E-state index is 13.4. The van der Waals surface area contributed by atoms with Crippen molar-refractivity contribution in [2.24, 2.45) is 0 Å². The third-order valence-corrected chi connectivity index (χ3v) is 8.27. The Balaban J connectivity index is 1.35. The first-order chi connectivity index (χ1) is 20.9. The Bertz CT molecular complexity index is 1520. The van der Waals surface area contributed by atoms with Crippen LogP contribution in [0.25, 0.3) is 0 Å². The summed E-state index contributed by atoms with van der Waals surface area (Å²) in [7, 11) is 1.89. The number of benzene rings is 1. The number of alkyl carbamates (subject to hydrolysis) is 1. The first-order valence-corrected chi connectivity index (χ1v) is 16.0. The number of nitriles is 1. The predicted octanol–water partition coefficient (Wildman–Crippen LogP) is 4.87. The summed E-state index contributed by atoms with van der Waals surface area (Å²) in [5.41, 5.74) is 2.51. The lowest BCUT2D eigenvalue weighted by Gasteiger charge is -2.33. The monoisotopic (exact) mass is 635 g/mol. The molecule has 232 valence electrons. The number of piperazine rings is 1. The third-order valence-electron chi connectivity index (χ3n) is 6.45. The van der Waals surface area contributed by atoms with Crippen LogP contribution in [0.2, 0.25) is 0 Å². The number of rotatable bonds is 9. The number of ether oxygens (including phenoxy) is 1. The molecule has 0 aliphatic carbocycles.